The molecule has 0 saturated carbocycles. The number of aliphatic hydroxyl groups is 1. The van der Waals surface area contributed by atoms with Crippen LogP contribution in [0.3, 0.4) is 0 Å². The summed E-state index contributed by atoms with van der Waals surface area (Å²) in [6, 6.07) is 14.7. The van der Waals surface area contributed by atoms with Crippen molar-refractivity contribution in [2.45, 2.75) is 16.4 Å². The van der Waals surface area contributed by atoms with Crippen LogP contribution in [-0.2, 0) is 6.61 Å². The van der Waals surface area contributed by atoms with Crippen molar-refractivity contribution in [3.8, 4) is 0 Å². The molecule has 2 rings (SSSR count). The third-order valence-corrected chi connectivity index (χ3v) is 3.17. The van der Waals surface area contributed by atoms with E-state index in [1.54, 1.807) is 6.07 Å². The third-order valence-electron chi connectivity index (χ3n) is 2.17. The fourth-order valence-electron chi connectivity index (χ4n) is 1.34. The van der Waals surface area contributed by atoms with Crippen molar-refractivity contribution in [1.29, 1.82) is 0 Å². The molecule has 16 heavy (non-hydrogen) atoms. The first-order valence-corrected chi connectivity index (χ1v) is 5.73. The lowest BCUT2D eigenvalue weighted by atomic mass is 10.2. The molecule has 1 N–H and O–H groups in total. The monoisotopic (exact) mass is 234 g/mol. The molecule has 1 nitrogen and oxygen atoms in total. The first-order chi connectivity index (χ1) is 7.79. The minimum atomic E-state index is -0.358. The summed E-state index contributed by atoms with van der Waals surface area (Å²) in [6.07, 6.45) is 0. The summed E-state index contributed by atoms with van der Waals surface area (Å²) in [4.78, 5) is 1.90. The summed E-state index contributed by atoms with van der Waals surface area (Å²) < 4.78 is 13.4. The number of hydrogen-bond donors (Lipinski definition) is 1. The van der Waals surface area contributed by atoms with Gasteiger partial charge in [-0.2, -0.15) is 0 Å². The number of rotatable bonds is 3. The zero-order valence-electron chi connectivity index (χ0n) is 8.56. The van der Waals surface area contributed by atoms with Gasteiger partial charge in [-0.05, 0) is 24.3 Å². The number of hydrogen-bond acceptors (Lipinski definition) is 2. The Labute approximate surface area is 97.9 Å². The van der Waals surface area contributed by atoms with Gasteiger partial charge in [0.1, 0.15) is 5.82 Å². The van der Waals surface area contributed by atoms with Crippen LogP contribution in [0, 0.1) is 5.82 Å². The standard InChI is InChI=1S/C13H11FOS/c14-13-8-12(7-6-10(13)9-15)16-11-4-2-1-3-5-11/h1-8,15H,9H2. The van der Waals surface area contributed by atoms with Crippen molar-refractivity contribution in [2.24, 2.45) is 0 Å². The molecule has 0 atom stereocenters. The van der Waals surface area contributed by atoms with E-state index >= 15 is 0 Å². The lowest BCUT2D eigenvalue weighted by Crippen LogP contribution is -1.89. The molecule has 0 bridgehead atoms. The molecule has 0 fully saturated rings. The maximum absolute atomic E-state index is 13.4. The third kappa shape index (κ3) is 2.62. The zero-order valence-corrected chi connectivity index (χ0v) is 9.38. The Hall–Kier alpha value is -1.32. The molecule has 0 aliphatic rings. The van der Waals surface area contributed by atoms with Gasteiger partial charge >= 0.3 is 0 Å². The Morgan fingerprint density at radius 2 is 1.75 bits per heavy atom. The summed E-state index contributed by atoms with van der Waals surface area (Å²) in [6.45, 7) is -0.262. The van der Waals surface area contributed by atoms with E-state index < -0.39 is 0 Å². The summed E-state index contributed by atoms with van der Waals surface area (Å²) in [7, 11) is 0. The van der Waals surface area contributed by atoms with E-state index in [4.69, 9.17) is 5.11 Å². The predicted molar refractivity (Wildman–Crippen MR) is 62.9 cm³/mol. The maximum atomic E-state index is 13.4. The minimum absolute atomic E-state index is 0.262. The molecule has 2 aromatic carbocycles. The van der Waals surface area contributed by atoms with Gasteiger partial charge in [-0.25, -0.2) is 4.39 Å². The van der Waals surface area contributed by atoms with Crippen LogP contribution >= 0.6 is 11.8 Å². The van der Waals surface area contributed by atoms with Crippen LogP contribution in [0.1, 0.15) is 5.56 Å². The van der Waals surface area contributed by atoms with Gasteiger partial charge in [-0.3, -0.25) is 0 Å². The van der Waals surface area contributed by atoms with E-state index in [9.17, 15) is 4.39 Å². The average molecular weight is 234 g/mol. The van der Waals surface area contributed by atoms with Crippen molar-refractivity contribution in [2.75, 3.05) is 0 Å². The van der Waals surface area contributed by atoms with Gasteiger partial charge in [0.15, 0.2) is 0 Å². The van der Waals surface area contributed by atoms with Crippen molar-refractivity contribution >= 4 is 11.8 Å². The van der Waals surface area contributed by atoms with E-state index in [1.165, 1.54) is 17.8 Å². The lowest BCUT2D eigenvalue weighted by molar-refractivity contribution is 0.275. The molecule has 0 radical (unpaired) electrons. The molecule has 0 amide bonds. The summed E-state index contributed by atoms with van der Waals surface area (Å²) in [5.41, 5.74) is 0.331. The van der Waals surface area contributed by atoms with Gasteiger partial charge in [0.2, 0.25) is 0 Å². The largest absolute Gasteiger partial charge is 0.392 e. The van der Waals surface area contributed by atoms with Crippen LogP contribution < -0.4 is 0 Å². The van der Waals surface area contributed by atoms with E-state index in [0.29, 0.717) is 5.56 Å². The maximum Gasteiger partial charge on any atom is 0.129 e. The second kappa shape index (κ2) is 5.14. The molecule has 0 saturated heterocycles. The van der Waals surface area contributed by atoms with Gasteiger partial charge in [-0.1, -0.05) is 36.0 Å². The molecule has 0 aliphatic carbocycles. The van der Waals surface area contributed by atoms with Gasteiger partial charge in [-0.15, -0.1) is 0 Å². The molecule has 82 valence electrons. The van der Waals surface area contributed by atoms with E-state index in [2.05, 4.69) is 0 Å². The van der Waals surface area contributed by atoms with Gasteiger partial charge < -0.3 is 5.11 Å². The topological polar surface area (TPSA) is 20.2 Å². The highest BCUT2D eigenvalue weighted by Crippen LogP contribution is 2.28. The van der Waals surface area contributed by atoms with Gasteiger partial charge in [0, 0.05) is 15.4 Å². The van der Waals surface area contributed by atoms with Crippen LogP contribution in [0.5, 0.6) is 0 Å². The number of halogens is 1. The smallest absolute Gasteiger partial charge is 0.129 e. The first kappa shape index (κ1) is 11.2. The fourth-order valence-corrected chi connectivity index (χ4v) is 2.21. The number of aliphatic hydroxyl groups excluding tert-OH is 1. The molecule has 0 unspecified atom stereocenters. The van der Waals surface area contributed by atoms with Crippen LogP contribution in [0.4, 0.5) is 4.39 Å². The van der Waals surface area contributed by atoms with Gasteiger partial charge in [0.25, 0.3) is 0 Å². The Balaban J connectivity index is 2.20. The second-order valence-electron chi connectivity index (χ2n) is 3.33. The summed E-state index contributed by atoms with van der Waals surface area (Å²) >= 11 is 1.50. The van der Waals surface area contributed by atoms with E-state index in [0.717, 1.165) is 9.79 Å². The Bertz CT molecular complexity index is 471. The molecular weight excluding hydrogens is 223 g/mol. The molecule has 2 aromatic rings. The van der Waals surface area contributed by atoms with Crippen LogP contribution in [0.15, 0.2) is 58.3 Å². The van der Waals surface area contributed by atoms with Gasteiger partial charge in [0.05, 0.1) is 6.61 Å². The molecule has 0 heterocycles. The summed E-state index contributed by atoms with van der Waals surface area (Å²) in [5, 5.41) is 8.85. The van der Waals surface area contributed by atoms with Crippen LogP contribution in [-0.4, -0.2) is 5.11 Å². The average Bonchev–Trinajstić information content (AvgIpc) is 2.31. The number of benzene rings is 2. The fraction of sp³-hybridized carbons (Fsp3) is 0.0769. The van der Waals surface area contributed by atoms with Crippen LogP contribution in [0.2, 0.25) is 0 Å². The molecular formula is C13H11FOS. The second-order valence-corrected chi connectivity index (χ2v) is 4.47. The van der Waals surface area contributed by atoms with E-state index in [-0.39, 0.29) is 12.4 Å². The highest BCUT2D eigenvalue weighted by Gasteiger charge is 2.03. The van der Waals surface area contributed by atoms with Crippen LogP contribution in [0.25, 0.3) is 0 Å². The Morgan fingerprint density at radius 3 is 2.38 bits per heavy atom. The lowest BCUT2D eigenvalue weighted by Gasteiger charge is -2.04. The molecule has 0 spiro atoms. The molecule has 0 aromatic heterocycles. The van der Waals surface area contributed by atoms with Crippen molar-refractivity contribution < 1.29 is 9.50 Å². The first-order valence-electron chi connectivity index (χ1n) is 4.92. The normalized spacial score (nSPS) is 10.4. The highest BCUT2D eigenvalue weighted by molar-refractivity contribution is 7.99. The summed E-state index contributed by atoms with van der Waals surface area (Å²) in [5.74, 6) is -0.358. The quantitative estimate of drug-likeness (QED) is 0.877. The highest BCUT2D eigenvalue weighted by atomic mass is 32.2. The zero-order chi connectivity index (χ0) is 11.4. The van der Waals surface area contributed by atoms with Crippen molar-refractivity contribution in [3.63, 3.8) is 0 Å². The van der Waals surface area contributed by atoms with Crippen molar-refractivity contribution in [3.05, 3.63) is 59.9 Å². The Morgan fingerprint density at radius 1 is 1.00 bits per heavy atom. The minimum Gasteiger partial charge on any atom is -0.392 e. The molecule has 0 aliphatic heterocycles. The SMILES string of the molecule is OCc1ccc(Sc2ccccc2)cc1F. The predicted octanol–water partition coefficient (Wildman–Crippen LogP) is 3.47. The van der Waals surface area contributed by atoms with E-state index in [1.807, 2.05) is 36.4 Å². The molecule has 3 heteroatoms. The van der Waals surface area contributed by atoms with Crippen molar-refractivity contribution in [1.82, 2.24) is 0 Å². The Kier molecular flexibility index (Phi) is 3.59.